The quantitative estimate of drug-likeness (QED) is 0.635. The Labute approximate surface area is 124 Å². The van der Waals surface area contributed by atoms with Gasteiger partial charge < -0.3 is 0 Å². The Balaban J connectivity index is 2.28. The number of aryl methyl sites for hydroxylation is 1. The number of alkyl halides is 1. The first-order valence-corrected chi connectivity index (χ1v) is 7.11. The molecule has 0 amide bonds. The van der Waals surface area contributed by atoms with Crippen molar-refractivity contribution in [2.75, 3.05) is 0 Å². The van der Waals surface area contributed by atoms with E-state index in [4.69, 9.17) is 11.6 Å². The van der Waals surface area contributed by atoms with Gasteiger partial charge in [-0.15, -0.1) is 0 Å². The molecule has 0 heterocycles. The van der Waals surface area contributed by atoms with Gasteiger partial charge >= 0.3 is 0 Å². The third-order valence-corrected chi connectivity index (χ3v) is 4.08. The molecule has 0 aromatic heterocycles. The summed E-state index contributed by atoms with van der Waals surface area (Å²) in [6.45, 7) is 1.82. The van der Waals surface area contributed by atoms with Crippen LogP contribution in [-0.2, 0) is 6.42 Å². The molecule has 19 heavy (non-hydrogen) atoms. The van der Waals surface area contributed by atoms with E-state index in [1.807, 2.05) is 13.0 Å². The highest BCUT2D eigenvalue weighted by molar-refractivity contribution is 9.09. The first kappa shape index (κ1) is 14.5. The van der Waals surface area contributed by atoms with Crippen LogP contribution in [0.15, 0.2) is 36.4 Å². The Kier molecular flexibility index (Phi) is 4.58. The fourth-order valence-corrected chi connectivity index (χ4v) is 2.80. The predicted octanol–water partition coefficient (Wildman–Crippen LogP) is 5.61. The van der Waals surface area contributed by atoms with Gasteiger partial charge in [-0.05, 0) is 48.7 Å². The van der Waals surface area contributed by atoms with Crippen molar-refractivity contribution in [2.45, 2.75) is 18.2 Å². The smallest absolute Gasteiger partial charge is 0.127 e. The molecule has 0 aliphatic rings. The summed E-state index contributed by atoms with van der Waals surface area (Å²) in [6, 6.07) is 9.36. The summed E-state index contributed by atoms with van der Waals surface area (Å²) in [5, 5.41) is 0.387. The van der Waals surface area contributed by atoms with E-state index in [9.17, 15) is 8.78 Å². The molecule has 1 unspecified atom stereocenters. The maximum atomic E-state index is 13.7. The second-order valence-electron chi connectivity index (χ2n) is 4.43. The van der Waals surface area contributed by atoms with E-state index in [0.29, 0.717) is 17.0 Å². The fourth-order valence-electron chi connectivity index (χ4n) is 1.97. The zero-order chi connectivity index (χ0) is 14.0. The first-order valence-electron chi connectivity index (χ1n) is 5.81. The van der Waals surface area contributed by atoms with Crippen LogP contribution in [0.2, 0.25) is 5.02 Å². The van der Waals surface area contributed by atoms with Crippen LogP contribution in [0.3, 0.4) is 0 Å². The molecule has 0 saturated heterocycles. The summed E-state index contributed by atoms with van der Waals surface area (Å²) in [5.41, 5.74) is 2.05. The highest BCUT2D eigenvalue weighted by Gasteiger charge is 2.15. The van der Waals surface area contributed by atoms with Gasteiger partial charge in [0.15, 0.2) is 0 Å². The van der Waals surface area contributed by atoms with Crippen molar-refractivity contribution in [1.82, 2.24) is 0 Å². The van der Waals surface area contributed by atoms with Crippen LogP contribution in [0.4, 0.5) is 8.78 Å². The van der Waals surface area contributed by atoms with Crippen molar-refractivity contribution in [2.24, 2.45) is 0 Å². The molecule has 0 bridgehead atoms. The molecule has 0 aliphatic carbocycles. The summed E-state index contributed by atoms with van der Waals surface area (Å²) >= 11 is 9.46. The molecule has 0 aliphatic heterocycles. The third-order valence-electron chi connectivity index (χ3n) is 2.87. The summed E-state index contributed by atoms with van der Waals surface area (Å²) in [6.07, 6.45) is 0.369. The van der Waals surface area contributed by atoms with E-state index in [0.717, 1.165) is 11.1 Å². The minimum absolute atomic E-state index is 0.184. The van der Waals surface area contributed by atoms with Gasteiger partial charge in [0.1, 0.15) is 11.6 Å². The third kappa shape index (κ3) is 3.54. The average molecular weight is 346 g/mol. The molecular weight excluding hydrogens is 334 g/mol. The first-order chi connectivity index (χ1) is 8.97. The Hall–Kier alpha value is -0.930. The lowest BCUT2D eigenvalue weighted by molar-refractivity contribution is 0.607. The summed E-state index contributed by atoms with van der Waals surface area (Å²) < 4.78 is 27.1. The van der Waals surface area contributed by atoms with Crippen LogP contribution < -0.4 is 0 Å². The number of halogens is 4. The predicted molar refractivity (Wildman–Crippen MR) is 77.9 cm³/mol. The standard InChI is InChI=1S/C15H12BrClF2/c1-9-5-10(7-11(18)6-9)13(16)8-12-14(17)3-2-4-15(12)19/h2-7,13H,8H2,1H3. The maximum absolute atomic E-state index is 13.7. The zero-order valence-electron chi connectivity index (χ0n) is 10.3. The van der Waals surface area contributed by atoms with Gasteiger partial charge in [0.2, 0.25) is 0 Å². The molecule has 1 atom stereocenters. The fraction of sp³-hybridized carbons (Fsp3) is 0.200. The van der Waals surface area contributed by atoms with E-state index < -0.39 is 0 Å². The number of hydrogen-bond donors (Lipinski definition) is 0. The number of hydrogen-bond acceptors (Lipinski definition) is 0. The van der Waals surface area contributed by atoms with Crippen LogP contribution in [0.5, 0.6) is 0 Å². The van der Waals surface area contributed by atoms with Crippen molar-refractivity contribution in [1.29, 1.82) is 0 Å². The van der Waals surface area contributed by atoms with Crippen molar-refractivity contribution < 1.29 is 8.78 Å². The molecule has 2 aromatic carbocycles. The Morgan fingerprint density at radius 3 is 2.58 bits per heavy atom. The molecule has 0 radical (unpaired) electrons. The summed E-state index contributed by atoms with van der Waals surface area (Å²) in [4.78, 5) is -0.184. The Bertz CT molecular complexity index is 558. The maximum Gasteiger partial charge on any atom is 0.127 e. The van der Waals surface area contributed by atoms with E-state index >= 15 is 0 Å². The lowest BCUT2D eigenvalue weighted by Gasteiger charge is -2.13. The molecule has 0 fully saturated rings. The summed E-state index contributed by atoms with van der Waals surface area (Å²) in [5.74, 6) is -0.635. The molecular formula is C15H12BrClF2. The monoisotopic (exact) mass is 344 g/mol. The van der Waals surface area contributed by atoms with Crippen LogP contribution in [0.25, 0.3) is 0 Å². The van der Waals surface area contributed by atoms with Gasteiger partial charge in [-0.3, -0.25) is 0 Å². The molecule has 2 aromatic rings. The molecule has 0 nitrogen and oxygen atoms in total. The molecule has 0 N–H and O–H groups in total. The minimum atomic E-state index is -0.343. The van der Waals surface area contributed by atoms with Gasteiger partial charge in [0, 0.05) is 15.4 Å². The van der Waals surface area contributed by atoms with Gasteiger partial charge in [0.25, 0.3) is 0 Å². The molecule has 4 heteroatoms. The molecule has 0 spiro atoms. The van der Waals surface area contributed by atoms with Gasteiger partial charge in [0.05, 0.1) is 0 Å². The van der Waals surface area contributed by atoms with Crippen LogP contribution in [-0.4, -0.2) is 0 Å². The number of benzene rings is 2. The minimum Gasteiger partial charge on any atom is -0.207 e. The van der Waals surface area contributed by atoms with Crippen LogP contribution in [0.1, 0.15) is 21.5 Å². The van der Waals surface area contributed by atoms with Crippen molar-refractivity contribution in [3.8, 4) is 0 Å². The van der Waals surface area contributed by atoms with Gasteiger partial charge in [-0.25, -0.2) is 8.78 Å². The molecule has 100 valence electrons. The van der Waals surface area contributed by atoms with Gasteiger partial charge in [-0.2, -0.15) is 0 Å². The lowest BCUT2D eigenvalue weighted by Crippen LogP contribution is -2.00. The van der Waals surface area contributed by atoms with E-state index in [-0.39, 0.29) is 16.5 Å². The van der Waals surface area contributed by atoms with E-state index in [2.05, 4.69) is 15.9 Å². The SMILES string of the molecule is Cc1cc(F)cc(C(Br)Cc2c(F)cccc2Cl)c1. The normalized spacial score (nSPS) is 12.5. The number of rotatable bonds is 3. The van der Waals surface area contributed by atoms with Crippen molar-refractivity contribution in [3.63, 3.8) is 0 Å². The molecule has 2 rings (SSSR count). The topological polar surface area (TPSA) is 0 Å². The second kappa shape index (κ2) is 6.02. The van der Waals surface area contributed by atoms with Crippen molar-refractivity contribution in [3.05, 3.63) is 69.7 Å². The largest absolute Gasteiger partial charge is 0.207 e. The zero-order valence-corrected chi connectivity index (χ0v) is 12.6. The van der Waals surface area contributed by atoms with Crippen LogP contribution >= 0.6 is 27.5 Å². The van der Waals surface area contributed by atoms with E-state index in [1.165, 1.54) is 18.2 Å². The Morgan fingerprint density at radius 1 is 1.21 bits per heavy atom. The second-order valence-corrected chi connectivity index (χ2v) is 5.95. The van der Waals surface area contributed by atoms with Crippen molar-refractivity contribution >= 4 is 27.5 Å². The lowest BCUT2D eigenvalue weighted by atomic mass is 10.0. The van der Waals surface area contributed by atoms with Crippen LogP contribution in [0, 0.1) is 18.6 Å². The van der Waals surface area contributed by atoms with E-state index in [1.54, 1.807) is 12.1 Å². The Morgan fingerprint density at radius 2 is 1.95 bits per heavy atom. The highest BCUT2D eigenvalue weighted by atomic mass is 79.9. The molecule has 0 saturated carbocycles. The summed E-state index contributed by atoms with van der Waals surface area (Å²) in [7, 11) is 0. The highest BCUT2D eigenvalue weighted by Crippen LogP contribution is 2.32. The average Bonchev–Trinajstić information content (AvgIpc) is 2.32. The van der Waals surface area contributed by atoms with Gasteiger partial charge in [-0.1, -0.05) is 39.7 Å².